The fourth-order valence-corrected chi connectivity index (χ4v) is 3.42. The summed E-state index contributed by atoms with van der Waals surface area (Å²) in [5, 5.41) is 9.29. The van der Waals surface area contributed by atoms with Gasteiger partial charge in [-0.15, -0.1) is 0 Å². The number of benzene rings is 1. The van der Waals surface area contributed by atoms with E-state index in [1.165, 1.54) is 17.3 Å². The van der Waals surface area contributed by atoms with Gasteiger partial charge in [-0.05, 0) is 60.4 Å². The van der Waals surface area contributed by atoms with Crippen LogP contribution in [0.5, 0.6) is 5.75 Å². The number of nitrogens with zero attached hydrogens (tertiary/aromatic N) is 1. The zero-order valence-electron chi connectivity index (χ0n) is 14.0. The number of hydrogen-bond acceptors (Lipinski definition) is 3. The molecule has 126 valence electrons. The van der Waals surface area contributed by atoms with Gasteiger partial charge in [-0.25, -0.2) is 4.79 Å². The van der Waals surface area contributed by atoms with Crippen LogP contribution in [0.4, 0.5) is 0 Å². The van der Waals surface area contributed by atoms with Gasteiger partial charge in [-0.1, -0.05) is 25.5 Å². The molecule has 2 aromatic rings. The van der Waals surface area contributed by atoms with Crippen LogP contribution in [0.3, 0.4) is 0 Å². The number of hydrogen-bond donors (Lipinski definition) is 1. The Balaban J connectivity index is 1.75. The molecule has 1 aliphatic rings. The molecule has 0 bridgehead atoms. The maximum absolute atomic E-state index is 11.3. The molecule has 4 nitrogen and oxygen atoms in total. The smallest absolute Gasteiger partial charge is 0.336 e. The zero-order chi connectivity index (χ0) is 16.9. The highest BCUT2D eigenvalue weighted by Crippen LogP contribution is 2.37. The van der Waals surface area contributed by atoms with E-state index in [0.717, 1.165) is 50.0 Å². The number of aromatic carboxylic acids is 1. The molecule has 0 spiro atoms. The third-order valence-electron chi connectivity index (χ3n) is 4.68. The minimum Gasteiger partial charge on any atom is -0.493 e. The van der Waals surface area contributed by atoms with Crippen molar-refractivity contribution in [3.63, 3.8) is 0 Å². The highest BCUT2D eigenvalue weighted by atomic mass is 16.5. The lowest BCUT2D eigenvalue weighted by atomic mass is 9.86. The van der Waals surface area contributed by atoms with Gasteiger partial charge < -0.3 is 9.84 Å². The Morgan fingerprint density at radius 3 is 3.00 bits per heavy atom. The Hall–Kier alpha value is -2.36. The predicted molar refractivity (Wildman–Crippen MR) is 92.8 cm³/mol. The molecule has 0 saturated carbocycles. The van der Waals surface area contributed by atoms with Gasteiger partial charge >= 0.3 is 5.97 Å². The van der Waals surface area contributed by atoms with Crippen molar-refractivity contribution in [2.45, 2.75) is 44.9 Å². The first kappa shape index (κ1) is 16.5. The Labute approximate surface area is 142 Å². The number of aromatic nitrogens is 1. The van der Waals surface area contributed by atoms with Gasteiger partial charge in [0.15, 0.2) is 0 Å². The number of fused-ring (bicyclic) bond motifs is 1. The second-order valence-corrected chi connectivity index (χ2v) is 6.33. The van der Waals surface area contributed by atoms with E-state index in [9.17, 15) is 9.90 Å². The Bertz CT molecular complexity index is 727. The molecule has 0 aliphatic carbocycles. The fraction of sp³-hybridized carbons (Fsp3) is 0.400. The van der Waals surface area contributed by atoms with Gasteiger partial charge in [0.25, 0.3) is 0 Å². The second-order valence-electron chi connectivity index (χ2n) is 6.33. The third kappa shape index (κ3) is 3.58. The van der Waals surface area contributed by atoms with E-state index in [-0.39, 0.29) is 0 Å². The number of carboxylic acids is 1. The van der Waals surface area contributed by atoms with Gasteiger partial charge in [0.1, 0.15) is 5.75 Å². The van der Waals surface area contributed by atoms with Crippen LogP contribution in [0, 0.1) is 0 Å². The highest BCUT2D eigenvalue weighted by Gasteiger charge is 2.22. The highest BCUT2D eigenvalue weighted by molar-refractivity contribution is 5.89. The summed E-state index contributed by atoms with van der Waals surface area (Å²) >= 11 is 0. The van der Waals surface area contributed by atoms with E-state index in [1.54, 1.807) is 12.3 Å². The summed E-state index contributed by atoms with van der Waals surface area (Å²) in [6.07, 6.45) is 8.01. The Morgan fingerprint density at radius 1 is 1.33 bits per heavy atom. The number of pyridine rings is 1. The topological polar surface area (TPSA) is 59.4 Å². The first-order valence-corrected chi connectivity index (χ1v) is 8.61. The quantitative estimate of drug-likeness (QED) is 0.863. The fourth-order valence-electron chi connectivity index (χ4n) is 3.42. The summed E-state index contributed by atoms with van der Waals surface area (Å²) in [6, 6.07) is 8.12. The van der Waals surface area contributed by atoms with Crippen molar-refractivity contribution in [3.05, 3.63) is 58.9 Å². The predicted octanol–water partition coefficient (Wildman–Crippen LogP) is 4.23. The number of rotatable bonds is 6. The molecule has 1 atom stereocenters. The van der Waals surface area contributed by atoms with E-state index in [4.69, 9.17) is 4.74 Å². The minimum absolute atomic E-state index is 0.357. The molecule has 1 N–H and O–H groups in total. The van der Waals surface area contributed by atoms with Gasteiger partial charge in [-0.3, -0.25) is 4.98 Å². The van der Waals surface area contributed by atoms with Crippen LogP contribution >= 0.6 is 0 Å². The first-order chi connectivity index (χ1) is 11.7. The molecule has 1 aromatic carbocycles. The van der Waals surface area contributed by atoms with Crippen LogP contribution in [0.2, 0.25) is 0 Å². The molecule has 1 aliphatic heterocycles. The van der Waals surface area contributed by atoms with Crippen LogP contribution in [-0.4, -0.2) is 22.7 Å². The van der Waals surface area contributed by atoms with Crippen LogP contribution in [0.15, 0.2) is 36.7 Å². The molecule has 1 aromatic heterocycles. The van der Waals surface area contributed by atoms with Gasteiger partial charge in [0.2, 0.25) is 0 Å². The zero-order valence-corrected chi connectivity index (χ0v) is 14.0. The van der Waals surface area contributed by atoms with Gasteiger partial charge in [0.05, 0.1) is 12.2 Å². The van der Waals surface area contributed by atoms with E-state index in [1.807, 2.05) is 0 Å². The van der Waals surface area contributed by atoms with Crippen molar-refractivity contribution in [1.29, 1.82) is 0 Å². The molecule has 1 unspecified atom stereocenters. The van der Waals surface area contributed by atoms with Crippen molar-refractivity contribution >= 4 is 5.97 Å². The summed E-state index contributed by atoms with van der Waals surface area (Å²) in [5.41, 5.74) is 3.73. The third-order valence-corrected chi connectivity index (χ3v) is 4.68. The summed E-state index contributed by atoms with van der Waals surface area (Å²) in [4.78, 5) is 15.4. The molecule has 24 heavy (non-hydrogen) atoms. The van der Waals surface area contributed by atoms with Crippen molar-refractivity contribution in [2.24, 2.45) is 0 Å². The van der Waals surface area contributed by atoms with Gasteiger partial charge in [0, 0.05) is 12.4 Å². The maximum Gasteiger partial charge on any atom is 0.336 e. The molecular formula is C20H23NO3. The van der Waals surface area contributed by atoms with Crippen LogP contribution < -0.4 is 4.74 Å². The molecule has 0 amide bonds. The normalized spacial score (nSPS) is 16.3. The first-order valence-electron chi connectivity index (χ1n) is 8.61. The lowest BCUT2D eigenvalue weighted by Gasteiger charge is -2.26. The molecule has 0 fully saturated rings. The van der Waals surface area contributed by atoms with E-state index < -0.39 is 5.97 Å². The van der Waals surface area contributed by atoms with Crippen molar-refractivity contribution < 1.29 is 14.6 Å². The van der Waals surface area contributed by atoms with Gasteiger partial charge in [-0.2, -0.15) is 0 Å². The maximum atomic E-state index is 11.3. The van der Waals surface area contributed by atoms with Crippen LogP contribution in [0.1, 0.15) is 59.2 Å². The number of carboxylic acid groups (broad SMARTS) is 1. The van der Waals surface area contributed by atoms with Crippen molar-refractivity contribution in [1.82, 2.24) is 4.98 Å². The molecule has 2 heterocycles. The summed E-state index contributed by atoms with van der Waals surface area (Å²) in [7, 11) is 0. The average molecular weight is 325 g/mol. The van der Waals surface area contributed by atoms with Crippen molar-refractivity contribution in [2.75, 3.05) is 6.61 Å². The molecule has 0 saturated heterocycles. The largest absolute Gasteiger partial charge is 0.493 e. The van der Waals surface area contributed by atoms with Crippen molar-refractivity contribution in [3.8, 4) is 5.75 Å². The molecule has 3 rings (SSSR count). The summed E-state index contributed by atoms with van der Waals surface area (Å²) in [5.74, 6) is 0.525. The second kappa shape index (κ2) is 7.47. The van der Waals surface area contributed by atoms with E-state index >= 15 is 0 Å². The molecule has 0 radical (unpaired) electrons. The molecular weight excluding hydrogens is 302 g/mol. The monoisotopic (exact) mass is 325 g/mol. The summed E-state index contributed by atoms with van der Waals surface area (Å²) in [6.45, 7) is 2.91. The lowest BCUT2D eigenvalue weighted by molar-refractivity contribution is 0.0695. The Morgan fingerprint density at radius 2 is 2.21 bits per heavy atom. The van der Waals surface area contributed by atoms with E-state index in [0.29, 0.717) is 11.5 Å². The van der Waals surface area contributed by atoms with Crippen LogP contribution in [-0.2, 0) is 12.8 Å². The Kier molecular flexibility index (Phi) is 5.14. The minimum atomic E-state index is -0.885. The number of aryl methyl sites for hydroxylation is 2. The van der Waals surface area contributed by atoms with E-state index in [2.05, 4.69) is 30.1 Å². The SMILES string of the molecule is CCCc1ccc2c(c1)OCCC2CCc1cnccc1C(=O)O. The number of carbonyl (C=O) groups is 1. The number of ether oxygens (including phenoxy) is 1. The standard InChI is InChI=1S/C20H23NO3/c1-2-3-14-4-7-17-15(9-11-24-19(17)12-14)5-6-16-13-21-10-8-18(16)20(22)23/h4,7-8,10,12-13,15H,2-3,5-6,9,11H2,1H3,(H,22,23). The lowest BCUT2D eigenvalue weighted by Crippen LogP contribution is -2.15. The average Bonchev–Trinajstić information content (AvgIpc) is 2.60. The molecule has 4 heteroatoms. The van der Waals surface area contributed by atoms with Crippen LogP contribution in [0.25, 0.3) is 0 Å². The summed E-state index contributed by atoms with van der Waals surface area (Å²) < 4.78 is 5.85.